The molecule has 0 saturated heterocycles. The first kappa shape index (κ1) is 16.0. The van der Waals surface area contributed by atoms with Crippen molar-refractivity contribution in [3.63, 3.8) is 0 Å². The number of aryl methyl sites for hydroxylation is 2. The SMILES string of the molecule is Cc1cc2nc3c(=O)[nH]c(=O)nc-3n(-c3ccc(F)c(F)c3)c2nc1C. The van der Waals surface area contributed by atoms with Crippen LogP contribution in [0.3, 0.4) is 0 Å². The Labute approximate surface area is 144 Å². The van der Waals surface area contributed by atoms with E-state index in [0.717, 1.165) is 17.7 Å². The van der Waals surface area contributed by atoms with Gasteiger partial charge in [-0.25, -0.2) is 23.5 Å². The lowest BCUT2D eigenvalue weighted by Gasteiger charge is -2.17. The van der Waals surface area contributed by atoms with E-state index < -0.39 is 22.9 Å². The van der Waals surface area contributed by atoms with Gasteiger partial charge < -0.3 is 0 Å². The van der Waals surface area contributed by atoms with E-state index in [1.54, 1.807) is 13.0 Å². The van der Waals surface area contributed by atoms with E-state index >= 15 is 0 Å². The van der Waals surface area contributed by atoms with Crippen molar-refractivity contribution in [1.82, 2.24) is 24.5 Å². The Morgan fingerprint density at radius 2 is 1.77 bits per heavy atom. The Balaban J connectivity index is 2.26. The molecule has 2 aliphatic rings. The molecule has 1 aromatic heterocycles. The largest absolute Gasteiger partial charge is 0.349 e. The second-order valence-corrected chi connectivity index (χ2v) is 5.82. The highest BCUT2D eigenvalue weighted by molar-refractivity contribution is 5.79. The molecule has 2 aliphatic heterocycles. The summed E-state index contributed by atoms with van der Waals surface area (Å²) < 4.78 is 28.5. The summed E-state index contributed by atoms with van der Waals surface area (Å²) in [7, 11) is 0. The molecule has 9 heteroatoms. The molecule has 7 nitrogen and oxygen atoms in total. The normalized spacial score (nSPS) is 11.4. The summed E-state index contributed by atoms with van der Waals surface area (Å²) in [5.41, 5.74) is 0.607. The summed E-state index contributed by atoms with van der Waals surface area (Å²) in [6.07, 6.45) is 0. The lowest BCUT2D eigenvalue weighted by atomic mass is 10.2. The first-order valence-electron chi connectivity index (χ1n) is 7.61. The van der Waals surface area contributed by atoms with Crippen LogP contribution >= 0.6 is 0 Å². The molecule has 0 fully saturated rings. The predicted molar refractivity (Wildman–Crippen MR) is 89.6 cm³/mol. The molecule has 26 heavy (non-hydrogen) atoms. The molecule has 0 saturated carbocycles. The third-order valence-electron chi connectivity index (χ3n) is 4.10. The van der Waals surface area contributed by atoms with Crippen LogP contribution < -0.4 is 11.2 Å². The number of nitrogens with zero attached hydrogens (tertiary/aromatic N) is 4. The van der Waals surface area contributed by atoms with E-state index in [4.69, 9.17) is 0 Å². The van der Waals surface area contributed by atoms with E-state index in [-0.39, 0.29) is 22.9 Å². The van der Waals surface area contributed by atoms with E-state index in [1.807, 2.05) is 6.92 Å². The maximum absolute atomic E-state index is 13.8. The van der Waals surface area contributed by atoms with Crippen LogP contribution in [-0.2, 0) is 0 Å². The molecule has 0 bridgehead atoms. The van der Waals surface area contributed by atoms with E-state index in [1.165, 1.54) is 10.6 Å². The lowest BCUT2D eigenvalue weighted by Crippen LogP contribution is -2.28. The minimum Gasteiger partial charge on any atom is -0.275 e. The number of nitrogens with one attached hydrogen (secondary N) is 1. The molecule has 1 aromatic carbocycles. The fourth-order valence-electron chi connectivity index (χ4n) is 2.71. The highest BCUT2D eigenvalue weighted by Crippen LogP contribution is 2.26. The number of H-pyrrole nitrogens is 1. The Hall–Kier alpha value is -3.49. The van der Waals surface area contributed by atoms with Crippen LogP contribution in [-0.4, -0.2) is 24.5 Å². The van der Waals surface area contributed by atoms with Crippen LogP contribution in [0.25, 0.3) is 28.4 Å². The van der Waals surface area contributed by atoms with Crippen LogP contribution in [0, 0.1) is 25.5 Å². The summed E-state index contributed by atoms with van der Waals surface area (Å²) in [5, 5.41) is 0. The van der Waals surface area contributed by atoms with Gasteiger partial charge in [-0.3, -0.25) is 14.3 Å². The Morgan fingerprint density at radius 1 is 1.00 bits per heavy atom. The second kappa shape index (κ2) is 5.51. The summed E-state index contributed by atoms with van der Waals surface area (Å²) in [6.45, 7) is 3.61. The van der Waals surface area contributed by atoms with Crippen molar-refractivity contribution < 1.29 is 8.78 Å². The van der Waals surface area contributed by atoms with Gasteiger partial charge in [-0.05, 0) is 37.6 Å². The number of aromatic amines is 1. The fourth-order valence-corrected chi connectivity index (χ4v) is 2.71. The second-order valence-electron chi connectivity index (χ2n) is 5.82. The maximum atomic E-state index is 13.8. The van der Waals surface area contributed by atoms with Gasteiger partial charge in [0.05, 0.1) is 5.69 Å². The average molecular weight is 355 g/mol. The predicted octanol–water partition coefficient (Wildman–Crippen LogP) is 1.86. The molecule has 0 atom stereocenters. The quantitative estimate of drug-likeness (QED) is 0.526. The van der Waals surface area contributed by atoms with Gasteiger partial charge in [0.1, 0.15) is 5.52 Å². The van der Waals surface area contributed by atoms with Gasteiger partial charge in [0.15, 0.2) is 28.8 Å². The molecular formula is C17H11F2N5O2. The molecule has 3 heterocycles. The number of fused-ring (bicyclic) bond motifs is 2. The molecule has 4 rings (SSSR count). The van der Waals surface area contributed by atoms with Crippen LogP contribution in [0.1, 0.15) is 11.3 Å². The summed E-state index contributed by atoms with van der Waals surface area (Å²) in [4.78, 5) is 38.4. The van der Waals surface area contributed by atoms with Crippen molar-refractivity contribution in [1.29, 1.82) is 0 Å². The average Bonchev–Trinajstić information content (AvgIpc) is 2.57. The first-order chi connectivity index (χ1) is 12.3. The molecule has 0 radical (unpaired) electrons. The van der Waals surface area contributed by atoms with Crippen LogP contribution in [0.15, 0.2) is 33.9 Å². The van der Waals surface area contributed by atoms with Gasteiger partial charge in [0, 0.05) is 11.8 Å². The minimum absolute atomic E-state index is 0.0898. The van der Waals surface area contributed by atoms with Gasteiger partial charge >= 0.3 is 5.69 Å². The number of halogens is 2. The number of pyridine rings is 1. The lowest BCUT2D eigenvalue weighted by molar-refractivity contribution is 0.508. The van der Waals surface area contributed by atoms with Gasteiger partial charge in [-0.2, -0.15) is 4.98 Å². The number of rotatable bonds is 1. The highest BCUT2D eigenvalue weighted by atomic mass is 19.2. The van der Waals surface area contributed by atoms with Crippen molar-refractivity contribution >= 4 is 11.2 Å². The van der Waals surface area contributed by atoms with Gasteiger partial charge in [-0.1, -0.05) is 0 Å². The Morgan fingerprint density at radius 3 is 2.50 bits per heavy atom. The molecule has 0 aliphatic carbocycles. The number of hydrogen-bond donors (Lipinski definition) is 1. The number of benzene rings is 1. The zero-order valence-corrected chi connectivity index (χ0v) is 13.7. The molecule has 2 aromatic rings. The van der Waals surface area contributed by atoms with Crippen molar-refractivity contribution in [3.8, 4) is 17.2 Å². The van der Waals surface area contributed by atoms with Crippen LogP contribution in [0.2, 0.25) is 0 Å². The Bertz CT molecular complexity index is 1280. The van der Waals surface area contributed by atoms with Gasteiger partial charge in [0.2, 0.25) is 0 Å². The minimum atomic E-state index is -1.08. The van der Waals surface area contributed by atoms with E-state index in [9.17, 15) is 18.4 Å². The van der Waals surface area contributed by atoms with E-state index in [0.29, 0.717) is 11.2 Å². The van der Waals surface area contributed by atoms with Crippen molar-refractivity contribution in [2.75, 3.05) is 0 Å². The van der Waals surface area contributed by atoms with Crippen molar-refractivity contribution in [3.05, 3.63) is 68.0 Å². The zero-order valence-electron chi connectivity index (χ0n) is 13.7. The van der Waals surface area contributed by atoms with Crippen LogP contribution in [0.4, 0.5) is 8.78 Å². The summed E-state index contributed by atoms with van der Waals surface area (Å²) in [5.74, 6) is -2.19. The van der Waals surface area contributed by atoms with Crippen LogP contribution in [0.5, 0.6) is 0 Å². The Kier molecular flexibility index (Phi) is 3.39. The third kappa shape index (κ3) is 2.36. The highest BCUT2D eigenvalue weighted by Gasteiger charge is 2.21. The van der Waals surface area contributed by atoms with E-state index in [2.05, 4.69) is 19.9 Å². The molecule has 1 N–H and O–H groups in total. The molecular weight excluding hydrogens is 344 g/mol. The smallest absolute Gasteiger partial charge is 0.275 e. The van der Waals surface area contributed by atoms with Gasteiger partial charge in [0.25, 0.3) is 5.56 Å². The fraction of sp³-hybridized carbons (Fsp3) is 0.118. The monoisotopic (exact) mass is 355 g/mol. The summed E-state index contributed by atoms with van der Waals surface area (Å²) in [6, 6.07) is 4.92. The molecule has 0 amide bonds. The standard InChI is InChI=1S/C17H11F2N5O2/c1-7-5-12-14(20-8(7)2)24(9-3-4-10(18)11(19)6-9)15-13(21-12)16(25)23-17(26)22-15/h3-6H,1-2H3,(H,23,25,26). The molecule has 130 valence electrons. The number of aromatic nitrogens is 5. The molecule has 0 spiro atoms. The summed E-state index contributed by atoms with van der Waals surface area (Å²) >= 11 is 0. The van der Waals surface area contributed by atoms with Crippen molar-refractivity contribution in [2.45, 2.75) is 13.8 Å². The topological polar surface area (TPSA) is 93.5 Å². The first-order valence-corrected chi connectivity index (χ1v) is 7.61. The van der Waals surface area contributed by atoms with Gasteiger partial charge in [-0.15, -0.1) is 0 Å². The van der Waals surface area contributed by atoms with Crippen molar-refractivity contribution in [2.24, 2.45) is 0 Å². The maximum Gasteiger partial charge on any atom is 0.349 e. The number of hydrogen-bond acceptors (Lipinski definition) is 5. The molecule has 0 unspecified atom stereocenters. The third-order valence-corrected chi connectivity index (χ3v) is 4.10. The zero-order chi connectivity index (χ0) is 18.6.